The minimum Gasteiger partial charge on any atom is -0.304 e. The first kappa shape index (κ1) is 8.89. The SMILES string of the molecule is CC=O.[Mn+2]. The Bertz CT molecular complexity index is 13.5. The van der Waals surface area contributed by atoms with Crippen molar-refractivity contribution in [1.82, 2.24) is 0 Å². The van der Waals surface area contributed by atoms with Crippen LogP contribution in [0.5, 0.6) is 0 Å². The van der Waals surface area contributed by atoms with Crippen molar-refractivity contribution in [3.05, 3.63) is 0 Å². The fourth-order valence-corrected chi connectivity index (χ4v) is 0. The van der Waals surface area contributed by atoms with E-state index in [2.05, 4.69) is 0 Å². The second kappa shape index (κ2) is 10.8. The van der Waals surface area contributed by atoms with Crippen LogP contribution in [0.2, 0.25) is 0 Å². The van der Waals surface area contributed by atoms with Gasteiger partial charge in [-0.25, -0.2) is 0 Å². The summed E-state index contributed by atoms with van der Waals surface area (Å²) < 4.78 is 0. The zero-order chi connectivity index (χ0) is 2.71. The number of carbonyl (C=O) groups is 1. The summed E-state index contributed by atoms with van der Waals surface area (Å²) in [5.74, 6) is 0. The average molecular weight is 99.0 g/mol. The summed E-state index contributed by atoms with van der Waals surface area (Å²) in [7, 11) is 0. The van der Waals surface area contributed by atoms with Gasteiger partial charge in [0.1, 0.15) is 6.29 Å². The molecular weight excluding hydrogens is 95.0 g/mol. The predicted molar refractivity (Wildman–Crippen MR) is 11.7 cm³/mol. The van der Waals surface area contributed by atoms with Gasteiger partial charge in [0.15, 0.2) is 0 Å². The first-order valence-electron chi connectivity index (χ1n) is 0.813. The van der Waals surface area contributed by atoms with Crippen molar-refractivity contribution in [3.63, 3.8) is 0 Å². The molecule has 23 valence electrons. The molecule has 0 aromatic heterocycles. The van der Waals surface area contributed by atoms with E-state index in [1.807, 2.05) is 0 Å². The summed E-state index contributed by atoms with van der Waals surface area (Å²) in [6, 6.07) is 0. The van der Waals surface area contributed by atoms with E-state index in [0.717, 1.165) is 6.29 Å². The van der Waals surface area contributed by atoms with Crippen LogP contribution in [0.3, 0.4) is 0 Å². The standard InChI is InChI=1S/C2H4O.Mn/c1-2-3;/h2H,1H3;/q;+2. The maximum absolute atomic E-state index is 8.81. The van der Waals surface area contributed by atoms with Crippen molar-refractivity contribution in [2.75, 3.05) is 0 Å². The summed E-state index contributed by atoms with van der Waals surface area (Å²) >= 11 is 0. The Morgan fingerprint density at radius 3 is 1.75 bits per heavy atom. The molecule has 1 nitrogen and oxygen atoms in total. The van der Waals surface area contributed by atoms with Gasteiger partial charge in [0, 0.05) is 0 Å². The molecule has 0 rings (SSSR count). The predicted octanol–water partition coefficient (Wildman–Crippen LogP) is 0.203. The van der Waals surface area contributed by atoms with Gasteiger partial charge in [0.25, 0.3) is 0 Å². The van der Waals surface area contributed by atoms with Crippen LogP contribution in [0.4, 0.5) is 0 Å². The number of aldehydes is 1. The summed E-state index contributed by atoms with van der Waals surface area (Å²) in [5.41, 5.74) is 0. The summed E-state index contributed by atoms with van der Waals surface area (Å²) in [5, 5.41) is 0. The molecule has 0 aromatic rings. The van der Waals surface area contributed by atoms with Gasteiger partial charge in [-0.2, -0.15) is 0 Å². The zero-order valence-corrected chi connectivity index (χ0v) is 3.54. The molecule has 0 fully saturated rings. The van der Waals surface area contributed by atoms with Crippen molar-refractivity contribution < 1.29 is 21.9 Å². The van der Waals surface area contributed by atoms with E-state index in [-0.39, 0.29) is 17.1 Å². The maximum atomic E-state index is 8.81. The number of hydrogen-bond donors (Lipinski definition) is 0. The second-order valence-corrected chi connectivity index (χ2v) is 0.236. The molecule has 0 heterocycles. The van der Waals surface area contributed by atoms with Crippen molar-refractivity contribution in [2.24, 2.45) is 0 Å². The van der Waals surface area contributed by atoms with E-state index in [1.165, 1.54) is 6.92 Å². The Kier molecular flexibility index (Phi) is 24.0. The van der Waals surface area contributed by atoms with Gasteiger partial charge >= 0.3 is 17.1 Å². The molecule has 0 N–H and O–H groups in total. The third-order valence-electron chi connectivity index (χ3n) is 0. The maximum Gasteiger partial charge on any atom is 2.00 e. The van der Waals surface area contributed by atoms with Crippen molar-refractivity contribution >= 4 is 6.29 Å². The monoisotopic (exact) mass is 99.0 g/mol. The fraction of sp³-hybridized carbons (Fsp3) is 0.500. The fourth-order valence-electron chi connectivity index (χ4n) is 0. The van der Waals surface area contributed by atoms with Crippen LogP contribution < -0.4 is 0 Å². The van der Waals surface area contributed by atoms with E-state index < -0.39 is 0 Å². The largest absolute Gasteiger partial charge is 2.00 e. The molecular formula is C2H4MnO+2. The molecule has 0 aliphatic heterocycles. The van der Waals surface area contributed by atoms with Crippen LogP contribution in [0.1, 0.15) is 6.92 Å². The van der Waals surface area contributed by atoms with Crippen molar-refractivity contribution in [2.45, 2.75) is 6.92 Å². The van der Waals surface area contributed by atoms with Crippen molar-refractivity contribution in [3.8, 4) is 0 Å². The molecule has 2 heteroatoms. The average Bonchev–Trinajstić information content (AvgIpc) is 0.918. The number of rotatable bonds is 0. The van der Waals surface area contributed by atoms with Crippen molar-refractivity contribution in [1.29, 1.82) is 0 Å². The van der Waals surface area contributed by atoms with Crippen LogP contribution >= 0.6 is 0 Å². The molecule has 4 heavy (non-hydrogen) atoms. The first-order chi connectivity index (χ1) is 1.41. The minimum absolute atomic E-state index is 0. The topological polar surface area (TPSA) is 17.1 Å². The van der Waals surface area contributed by atoms with Gasteiger partial charge in [0.05, 0.1) is 0 Å². The smallest absolute Gasteiger partial charge is 0.304 e. The third kappa shape index (κ3) is 86.3. The van der Waals surface area contributed by atoms with Gasteiger partial charge in [-0.1, -0.05) is 0 Å². The quantitative estimate of drug-likeness (QED) is 0.313. The van der Waals surface area contributed by atoms with Crippen LogP contribution in [0.25, 0.3) is 0 Å². The van der Waals surface area contributed by atoms with Gasteiger partial charge in [-0.3, -0.25) is 0 Å². The molecule has 0 aromatic carbocycles. The van der Waals surface area contributed by atoms with Crippen LogP contribution in [0, 0.1) is 0 Å². The van der Waals surface area contributed by atoms with E-state index >= 15 is 0 Å². The Morgan fingerprint density at radius 2 is 1.75 bits per heavy atom. The molecule has 0 spiro atoms. The summed E-state index contributed by atoms with van der Waals surface area (Å²) in [6.07, 6.45) is 0.750. The zero-order valence-electron chi connectivity index (χ0n) is 2.36. The Morgan fingerprint density at radius 1 is 1.75 bits per heavy atom. The molecule has 0 aliphatic rings. The Labute approximate surface area is 35.9 Å². The van der Waals surface area contributed by atoms with Gasteiger partial charge < -0.3 is 4.79 Å². The Hall–Kier alpha value is 0.189. The van der Waals surface area contributed by atoms with Gasteiger partial charge in [0.2, 0.25) is 0 Å². The van der Waals surface area contributed by atoms with E-state index in [9.17, 15) is 0 Å². The second-order valence-electron chi connectivity index (χ2n) is 0.236. The Balaban J connectivity index is 0. The summed E-state index contributed by atoms with van der Waals surface area (Å²) in [6.45, 7) is 1.44. The molecule has 0 amide bonds. The molecule has 0 unspecified atom stereocenters. The molecule has 0 bridgehead atoms. The van der Waals surface area contributed by atoms with Crippen LogP contribution in [0.15, 0.2) is 0 Å². The van der Waals surface area contributed by atoms with Gasteiger partial charge in [-0.15, -0.1) is 0 Å². The number of hydrogen-bond acceptors (Lipinski definition) is 1. The third-order valence-corrected chi connectivity index (χ3v) is 0. The molecule has 0 atom stereocenters. The summed E-state index contributed by atoms with van der Waals surface area (Å²) in [4.78, 5) is 8.81. The van der Waals surface area contributed by atoms with Crippen LogP contribution in [-0.2, 0) is 21.9 Å². The normalized spacial score (nSPS) is 3.25. The molecule has 0 aliphatic carbocycles. The van der Waals surface area contributed by atoms with E-state index in [1.54, 1.807) is 0 Å². The van der Waals surface area contributed by atoms with E-state index in [4.69, 9.17) is 4.79 Å². The first-order valence-corrected chi connectivity index (χ1v) is 0.813. The van der Waals surface area contributed by atoms with Crippen LogP contribution in [-0.4, -0.2) is 6.29 Å². The molecule has 0 saturated carbocycles. The molecule has 1 radical (unpaired) electrons. The molecule has 0 saturated heterocycles. The minimum atomic E-state index is 0. The van der Waals surface area contributed by atoms with Gasteiger partial charge in [-0.05, 0) is 6.92 Å². The van der Waals surface area contributed by atoms with E-state index in [0.29, 0.717) is 0 Å². The number of carbonyl (C=O) groups excluding carboxylic acids is 1.